The van der Waals surface area contributed by atoms with Crippen molar-refractivity contribution < 1.29 is 9.90 Å². The van der Waals surface area contributed by atoms with Gasteiger partial charge in [0.2, 0.25) is 0 Å². The summed E-state index contributed by atoms with van der Waals surface area (Å²) in [6, 6.07) is 0.626. The number of likely N-dealkylation sites (tertiary alicyclic amines) is 1. The molecule has 1 heterocycles. The molecule has 0 radical (unpaired) electrons. The molecule has 1 unspecified atom stereocenters. The third-order valence-corrected chi connectivity index (χ3v) is 5.16. The number of carboxylic acids is 1. The third-order valence-electron chi connectivity index (χ3n) is 5.16. The minimum absolute atomic E-state index is 0.454. The smallest absolute Gasteiger partial charge is 0.310 e. The van der Waals surface area contributed by atoms with Gasteiger partial charge in [0, 0.05) is 12.6 Å². The molecule has 1 saturated heterocycles. The Labute approximate surface area is 111 Å². The highest BCUT2D eigenvalue weighted by atomic mass is 16.4. The number of aliphatic carboxylic acids is 1. The van der Waals surface area contributed by atoms with Crippen LogP contribution in [0.3, 0.4) is 0 Å². The molecule has 1 atom stereocenters. The number of carbonyl (C=O) groups is 1. The van der Waals surface area contributed by atoms with E-state index in [1.54, 1.807) is 0 Å². The van der Waals surface area contributed by atoms with Gasteiger partial charge in [-0.3, -0.25) is 9.69 Å². The van der Waals surface area contributed by atoms with Gasteiger partial charge in [0.25, 0.3) is 0 Å². The number of carboxylic acid groups (broad SMARTS) is 1. The normalized spacial score (nSPS) is 37.9. The predicted octanol–water partition coefficient (Wildman–Crippen LogP) is 3.14. The van der Waals surface area contributed by atoms with Crippen molar-refractivity contribution >= 4 is 5.97 Å². The molecule has 0 aromatic carbocycles. The summed E-state index contributed by atoms with van der Waals surface area (Å²) in [6.07, 6.45) is 7.56. The van der Waals surface area contributed by atoms with Crippen LogP contribution in [0, 0.1) is 11.3 Å². The highest BCUT2D eigenvalue weighted by Gasteiger charge is 2.43. The second-order valence-corrected chi connectivity index (χ2v) is 6.44. The zero-order valence-electron chi connectivity index (χ0n) is 11.8. The van der Waals surface area contributed by atoms with E-state index in [2.05, 4.69) is 18.7 Å². The lowest BCUT2D eigenvalue weighted by molar-refractivity contribution is -0.153. The first kappa shape index (κ1) is 13.9. The van der Waals surface area contributed by atoms with E-state index in [1.807, 2.05) is 0 Å². The monoisotopic (exact) mass is 253 g/mol. The van der Waals surface area contributed by atoms with Crippen molar-refractivity contribution in [1.29, 1.82) is 0 Å². The van der Waals surface area contributed by atoms with Gasteiger partial charge in [-0.2, -0.15) is 0 Å². The summed E-state index contributed by atoms with van der Waals surface area (Å²) >= 11 is 0. The molecule has 3 nitrogen and oxygen atoms in total. The average Bonchev–Trinajstić information content (AvgIpc) is 2.79. The zero-order valence-corrected chi connectivity index (χ0v) is 11.8. The topological polar surface area (TPSA) is 40.5 Å². The fourth-order valence-corrected chi connectivity index (χ4v) is 3.71. The Morgan fingerprint density at radius 3 is 2.56 bits per heavy atom. The SMILES string of the molecule is CCC1CCCN1CC1(C(=O)O)CCC(C)CC1. The van der Waals surface area contributed by atoms with Crippen LogP contribution in [0.15, 0.2) is 0 Å². The van der Waals surface area contributed by atoms with Crippen molar-refractivity contribution in [3.63, 3.8) is 0 Å². The highest BCUT2D eigenvalue weighted by Crippen LogP contribution is 2.41. The molecule has 0 amide bonds. The van der Waals surface area contributed by atoms with E-state index in [-0.39, 0.29) is 0 Å². The van der Waals surface area contributed by atoms with Crippen molar-refractivity contribution in [1.82, 2.24) is 4.90 Å². The number of hydrogen-bond donors (Lipinski definition) is 1. The maximum absolute atomic E-state index is 11.7. The molecule has 2 rings (SSSR count). The molecule has 2 aliphatic rings. The summed E-state index contributed by atoms with van der Waals surface area (Å²) in [7, 11) is 0. The van der Waals surface area contributed by atoms with E-state index in [9.17, 15) is 9.90 Å². The summed E-state index contributed by atoms with van der Waals surface area (Å²) in [5.41, 5.74) is -0.454. The minimum atomic E-state index is -0.559. The van der Waals surface area contributed by atoms with Gasteiger partial charge in [-0.1, -0.05) is 13.8 Å². The summed E-state index contributed by atoms with van der Waals surface area (Å²) in [5, 5.41) is 9.67. The first-order valence-electron chi connectivity index (χ1n) is 7.55. The Kier molecular flexibility index (Phi) is 4.31. The van der Waals surface area contributed by atoms with Gasteiger partial charge in [-0.15, -0.1) is 0 Å². The molecule has 1 N–H and O–H groups in total. The fraction of sp³-hybridized carbons (Fsp3) is 0.933. The van der Waals surface area contributed by atoms with E-state index in [0.29, 0.717) is 12.0 Å². The van der Waals surface area contributed by atoms with E-state index >= 15 is 0 Å². The van der Waals surface area contributed by atoms with Crippen LogP contribution >= 0.6 is 0 Å². The predicted molar refractivity (Wildman–Crippen MR) is 72.6 cm³/mol. The lowest BCUT2D eigenvalue weighted by atomic mass is 9.70. The van der Waals surface area contributed by atoms with Gasteiger partial charge in [-0.05, 0) is 57.4 Å². The first-order valence-corrected chi connectivity index (χ1v) is 7.55. The Bertz CT molecular complexity index is 295. The molecule has 2 fully saturated rings. The van der Waals surface area contributed by atoms with Gasteiger partial charge < -0.3 is 5.11 Å². The van der Waals surface area contributed by atoms with Crippen LogP contribution in [0.5, 0.6) is 0 Å². The van der Waals surface area contributed by atoms with Gasteiger partial charge >= 0.3 is 5.97 Å². The van der Waals surface area contributed by atoms with Crippen LogP contribution in [0.25, 0.3) is 0 Å². The van der Waals surface area contributed by atoms with E-state index in [0.717, 1.165) is 45.2 Å². The molecule has 1 saturated carbocycles. The first-order chi connectivity index (χ1) is 8.57. The number of rotatable bonds is 4. The molecule has 0 spiro atoms. The van der Waals surface area contributed by atoms with Crippen molar-refractivity contribution in [3.05, 3.63) is 0 Å². The summed E-state index contributed by atoms with van der Waals surface area (Å²) in [4.78, 5) is 14.2. The van der Waals surface area contributed by atoms with E-state index in [4.69, 9.17) is 0 Å². The standard InChI is InChI=1S/C15H27NO2/c1-3-13-5-4-10-16(13)11-15(14(17)18)8-6-12(2)7-9-15/h12-13H,3-11H2,1-2H3,(H,17,18). The molecular formula is C15H27NO2. The molecule has 18 heavy (non-hydrogen) atoms. The van der Waals surface area contributed by atoms with Crippen LogP contribution in [0.1, 0.15) is 58.8 Å². The molecule has 1 aliphatic carbocycles. The van der Waals surface area contributed by atoms with Crippen molar-refractivity contribution in [2.75, 3.05) is 13.1 Å². The number of nitrogens with zero attached hydrogens (tertiary/aromatic N) is 1. The molecule has 0 aromatic heterocycles. The van der Waals surface area contributed by atoms with Gasteiger partial charge in [0.05, 0.1) is 5.41 Å². The minimum Gasteiger partial charge on any atom is -0.481 e. The molecule has 0 bridgehead atoms. The van der Waals surface area contributed by atoms with Crippen molar-refractivity contribution in [2.24, 2.45) is 11.3 Å². The quantitative estimate of drug-likeness (QED) is 0.836. The lowest BCUT2D eigenvalue weighted by Gasteiger charge is -2.40. The average molecular weight is 253 g/mol. The van der Waals surface area contributed by atoms with Crippen molar-refractivity contribution in [2.45, 2.75) is 64.8 Å². The van der Waals surface area contributed by atoms with Gasteiger partial charge in [-0.25, -0.2) is 0 Å². The molecule has 3 heteroatoms. The maximum Gasteiger partial charge on any atom is 0.310 e. The largest absolute Gasteiger partial charge is 0.481 e. The Balaban J connectivity index is 2.04. The Hall–Kier alpha value is -0.570. The Morgan fingerprint density at radius 1 is 1.33 bits per heavy atom. The zero-order chi connectivity index (χ0) is 13.2. The summed E-state index contributed by atoms with van der Waals surface area (Å²) in [6.45, 7) is 6.35. The van der Waals surface area contributed by atoms with Crippen molar-refractivity contribution in [3.8, 4) is 0 Å². The van der Waals surface area contributed by atoms with Gasteiger partial charge in [0.15, 0.2) is 0 Å². The highest BCUT2D eigenvalue weighted by molar-refractivity contribution is 5.75. The van der Waals surface area contributed by atoms with E-state index in [1.165, 1.54) is 12.8 Å². The third kappa shape index (κ3) is 2.71. The fourth-order valence-electron chi connectivity index (χ4n) is 3.71. The molecular weight excluding hydrogens is 226 g/mol. The van der Waals surface area contributed by atoms with Crippen LogP contribution in [-0.2, 0) is 4.79 Å². The second-order valence-electron chi connectivity index (χ2n) is 6.44. The molecule has 0 aromatic rings. The lowest BCUT2D eigenvalue weighted by Crippen LogP contribution is -2.46. The summed E-state index contributed by atoms with van der Waals surface area (Å²) in [5.74, 6) is 0.147. The van der Waals surface area contributed by atoms with Gasteiger partial charge in [0.1, 0.15) is 0 Å². The molecule has 1 aliphatic heterocycles. The second kappa shape index (κ2) is 5.60. The van der Waals surface area contributed by atoms with Crippen LogP contribution in [0.4, 0.5) is 0 Å². The van der Waals surface area contributed by atoms with Crippen LogP contribution < -0.4 is 0 Å². The maximum atomic E-state index is 11.7. The van der Waals surface area contributed by atoms with Crippen LogP contribution in [0.2, 0.25) is 0 Å². The van der Waals surface area contributed by atoms with E-state index < -0.39 is 11.4 Å². The Morgan fingerprint density at radius 2 is 2.00 bits per heavy atom. The number of hydrogen-bond acceptors (Lipinski definition) is 2. The molecule has 104 valence electrons. The van der Waals surface area contributed by atoms with Crippen LogP contribution in [-0.4, -0.2) is 35.1 Å². The summed E-state index contributed by atoms with van der Waals surface area (Å²) < 4.78 is 0.